The van der Waals surface area contributed by atoms with E-state index in [-0.39, 0.29) is 0 Å². The standard InChI is InChI=1S/C24H38O2/c1-14-9-11-24(6)17-10-12-23(5)15(2)7-8-16(23)19(17)21-20(18(24)13-14)25-22(3,4)26-21/h14,16-21H,2,7-13H2,1,3-6H3/t14-,16-,17-,18+,19-,20+,21+,23+,24+/m0/s1. The van der Waals surface area contributed by atoms with Crippen LogP contribution < -0.4 is 0 Å². The molecule has 0 radical (unpaired) electrons. The van der Waals surface area contributed by atoms with Crippen LogP contribution in [-0.2, 0) is 9.47 Å². The second-order valence-corrected chi connectivity index (χ2v) is 11.4. The van der Waals surface area contributed by atoms with Gasteiger partial charge in [0.1, 0.15) is 0 Å². The van der Waals surface area contributed by atoms with Crippen molar-refractivity contribution in [3.63, 3.8) is 0 Å². The molecule has 5 rings (SSSR count). The van der Waals surface area contributed by atoms with E-state index in [1.54, 1.807) is 0 Å². The molecule has 1 aliphatic heterocycles. The molecule has 26 heavy (non-hydrogen) atoms. The zero-order valence-electron chi connectivity index (χ0n) is 17.5. The van der Waals surface area contributed by atoms with Gasteiger partial charge in [0, 0.05) is 0 Å². The Bertz CT molecular complexity index is 624. The maximum atomic E-state index is 6.69. The van der Waals surface area contributed by atoms with Crippen LogP contribution in [0.3, 0.4) is 0 Å². The predicted molar refractivity (Wildman–Crippen MR) is 105 cm³/mol. The molecule has 4 saturated carbocycles. The van der Waals surface area contributed by atoms with Gasteiger partial charge in [-0.1, -0.05) is 39.3 Å². The minimum Gasteiger partial charge on any atom is -0.344 e. The first-order chi connectivity index (χ1) is 12.2. The molecule has 2 nitrogen and oxygen atoms in total. The van der Waals surface area contributed by atoms with E-state index in [4.69, 9.17) is 9.47 Å². The molecule has 5 fully saturated rings. The number of hydrogen-bond acceptors (Lipinski definition) is 2. The summed E-state index contributed by atoms with van der Waals surface area (Å²) in [5.74, 6) is 3.30. The van der Waals surface area contributed by atoms with Crippen LogP contribution in [0.15, 0.2) is 12.2 Å². The molecule has 0 N–H and O–H groups in total. The number of hydrogen-bond donors (Lipinski definition) is 0. The van der Waals surface area contributed by atoms with Crippen molar-refractivity contribution < 1.29 is 9.47 Å². The molecule has 5 aliphatic rings. The molecule has 1 heterocycles. The fraction of sp³-hybridized carbons (Fsp3) is 0.917. The van der Waals surface area contributed by atoms with E-state index in [9.17, 15) is 0 Å². The lowest BCUT2D eigenvalue weighted by atomic mass is 9.43. The Morgan fingerprint density at radius 1 is 0.885 bits per heavy atom. The molecule has 2 heteroatoms. The van der Waals surface area contributed by atoms with Crippen LogP contribution in [0.5, 0.6) is 0 Å². The first-order valence-corrected chi connectivity index (χ1v) is 11.2. The number of allylic oxidation sites excluding steroid dienone is 1. The fourth-order valence-corrected chi connectivity index (χ4v) is 8.29. The van der Waals surface area contributed by atoms with Crippen molar-refractivity contribution in [2.75, 3.05) is 0 Å². The molecular weight excluding hydrogens is 320 g/mol. The first-order valence-electron chi connectivity index (χ1n) is 11.2. The molecule has 146 valence electrons. The Hall–Kier alpha value is -0.340. The van der Waals surface area contributed by atoms with Crippen molar-refractivity contribution in [2.45, 2.75) is 97.6 Å². The molecule has 4 aliphatic carbocycles. The SMILES string of the molecule is C=C1CC[C@H]2[C@@H]3[C@H]4OC(C)(C)O[C@@H]4[C@H]4C[C@@H](C)CC[C@]4(C)[C@H]3CC[C@]12C. The van der Waals surface area contributed by atoms with Gasteiger partial charge in [0.15, 0.2) is 5.79 Å². The number of rotatable bonds is 0. The third-order valence-corrected chi connectivity index (χ3v) is 9.75. The van der Waals surface area contributed by atoms with E-state index in [1.165, 1.54) is 50.5 Å². The lowest BCUT2D eigenvalue weighted by molar-refractivity contribution is -0.176. The maximum Gasteiger partial charge on any atom is 0.163 e. The van der Waals surface area contributed by atoms with Crippen LogP contribution in [0.25, 0.3) is 0 Å². The summed E-state index contributed by atoms with van der Waals surface area (Å²) in [5, 5.41) is 0. The van der Waals surface area contributed by atoms with Crippen LogP contribution in [0.4, 0.5) is 0 Å². The number of ether oxygens (including phenoxy) is 2. The smallest absolute Gasteiger partial charge is 0.163 e. The highest BCUT2D eigenvalue weighted by molar-refractivity contribution is 5.23. The lowest BCUT2D eigenvalue weighted by Gasteiger charge is -2.63. The molecule has 0 aromatic heterocycles. The average Bonchev–Trinajstić information content (AvgIpc) is 3.05. The summed E-state index contributed by atoms with van der Waals surface area (Å²) < 4.78 is 13.3. The van der Waals surface area contributed by atoms with Gasteiger partial charge < -0.3 is 9.47 Å². The Labute approximate surface area is 160 Å². The van der Waals surface area contributed by atoms with Gasteiger partial charge in [-0.05, 0) is 92.8 Å². The van der Waals surface area contributed by atoms with Gasteiger partial charge in [0.2, 0.25) is 0 Å². The van der Waals surface area contributed by atoms with Gasteiger partial charge in [-0.2, -0.15) is 0 Å². The van der Waals surface area contributed by atoms with Crippen LogP contribution in [0.1, 0.15) is 79.6 Å². The minimum absolute atomic E-state index is 0.300. The highest BCUT2D eigenvalue weighted by atomic mass is 16.8. The monoisotopic (exact) mass is 358 g/mol. The minimum atomic E-state index is -0.421. The number of fused-ring (bicyclic) bond motifs is 8. The zero-order chi connectivity index (χ0) is 18.5. The molecular formula is C24H38O2. The van der Waals surface area contributed by atoms with Crippen molar-refractivity contribution in [3.05, 3.63) is 12.2 Å². The van der Waals surface area contributed by atoms with E-state index < -0.39 is 5.79 Å². The van der Waals surface area contributed by atoms with Gasteiger partial charge in [-0.25, -0.2) is 0 Å². The summed E-state index contributed by atoms with van der Waals surface area (Å²) in [5.41, 5.74) is 2.29. The molecule has 0 aromatic rings. The van der Waals surface area contributed by atoms with E-state index in [0.29, 0.717) is 34.9 Å². The molecule has 0 aromatic carbocycles. The maximum absolute atomic E-state index is 6.69. The highest BCUT2D eigenvalue weighted by Gasteiger charge is 2.67. The average molecular weight is 359 g/mol. The lowest BCUT2D eigenvalue weighted by Crippen LogP contribution is -2.62. The second-order valence-electron chi connectivity index (χ2n) is 11.4. The highest BCUT2D eigenvalue weighted by Crippen LogP contribution is 2.69. The topological polar surface area (TPSA) is 18.5 Å². The summed E-state index contributed by atoms with van der Waals surface area (Å²) in [6, 6.07) is 0. The third kappa shape index (κ3) is 2.18. The van der Waals surface area contributed by atoms with Crippen LogP contribution >= 0.6 is 0 Å². The van der Waals surface area contributed by atoms with Gasteiger partial charge >= 0.3 is 0 Å². The predicted octanol–water partition coefficient (Wildman–Crippen LogP) is 5.96. The van der Waals surface area contributed by atoms with E-state index >= 15 is 0 Å². The van der Waals surface area contributed by atoms with Crippen molar-refractivity contribution in [1.29, 1.82) is 0 Å². The molecule has 9 atom stereocenters. The third-order valence-electron chi connectivity index (χ3n) is 9.75. The molecule has 0 spiro atoms. The quantitative estimate of drug-likeness (QED) is 0.497. The van der Waals surface area contributed by atoms with Crippen molar-refractivity contribution in [3.8, 4) is 0 Å². The second kappa shape index (κ2) is 5.38. The summed E-state index contributed by atoms with van der Waals surface area (Å²) in [4.78, 5) is 0. The fourth-order valence-electron chi connectivity index (χ4n) is 8.29. The van der Waals surface area contributed by atoms with Crippen molar-refractivity contribution in [2.24, 2.45) is 40.4 Å². The first kappa shape index (κ1) is 17.7. The van der Waals surface area contributed by atoms with E-state index in [2.05, 4.69) is 41.2 Å². The molecule has 1 saturated heterocycles. The van der Waals surface area contributed by atoms with E-state index in [0.717, 1.165) is 17.8 Å². The van der Waals surface area contributed by atoms with Crippen LogP contribution in [0.2, 0.25) is 0 Å². The van der Waals surface area contributed by atoms with Gasteiger partial charge in [0.05, 0.1) is 12.2 Å². The summed E-state index contributed by atoms with van der Waals surface area (Å²) >= 11 is 0. The van der Waals surface area contributed by atoms with Gasteiger partial charge in [0.25, 0.3) is 0 Å². The molecule has 0 unspecified atom stereocenters. The summed E-state index contributed by atoms with van der Waals surface area (Å²) in [6.45, 7) is 16.4. The summed E-state index contributed by atoms with van der Waals surface area (Å²) in [7, 11) is 0. The van der Waals surface area contributed by atoms with Crippen LogP contribution in [0, 0.1) is 40.4 Å². The largest absolute Gasteiger partial charge is 0.344 e. The van der Waals surface area contributed by atoms with Crippen molar-refractivity contribution in [1.82, 2.24) is 0 Å². The van der Waals surface area contributed by atoms with Gasteiger partial charge in [-0.3, -0.25) is 0 Å². The van der Waals surface area contributed by atoms with Crippen LogP contribution in [-0.4, -0.2) is 18.0 Å². The Kier molecular flexibility index (Phi) is 3.67. The Morgan fingerprint density at radius 2 is 1.62 bits per heavy atom. The normalized spacial score (nSPS) is 57.9. The Balaban J connectivity index is 1.59. The summed E-state index contributed by atoms with van der Waals surface area (Å²) in [6.07, 6.45) is 9.97. The van der Waals surface area contributed by atoms with E-state index in [1.807, 2.05) is 0 Å². The van der Waals surface area contributed by atoms with Crippen molar-refractivity contribution >= 4 is 0 Å². The molecule has 0 amide bonds. The Morgan fingerprint density at radius 3 is 2.38 bits per heavy atom. The zero-order valence-corrected chi connectivity index (χ0v) is 17.5. The van der Waals surface area contributed by atoms with Gasteiger partial charge in [-0.15, -0.1) is 0 Å². The molecule has 0 bridgehead atoms.